The van der Waals surface area contributed by atoms with E-state index in [1.54, 1.807) is 0 Å². The number of carbonyl (C=O) groups is 2. The summed E-state index contributed by atoms with van der Waals surface area (Å²) in [6.45, 7) is 4.11. The Kier molecular flexibility index (Phi) is 49.1. The minimum Gasteiger partial charge on any atom is -0.756 e. The summed E-state index contributed by atoms with van der Waals surface area (Å²) in [7, 11) is 1.15. The van der Waals surface area contributed by atoms with Gasteiger partial charge < -0.3 is 27.9 Å². The topological polar surface area (TPSA) is 111 Å². The molecule has 2 atom stereocenters. The molecule has 0 radical (unpaired) electrons. The standard InChI is InChI=1S/C60H106NO8P/c1-6-8-10-12-14-16-18-20-22-24-26-27-28-29-30-31-32-33-35-37-39-41-43-45-47-49-51-53-60(63)69-58(57-68-70(64,65)67-55-54-61(3,4)5)56-66-59(62)52-50-48-46-44-42-40-38-36-34-25-23-21-19-17-15-13-11-9-7-2/h8,10,14,16,20,22,26-27,29-30,32-33,37,39,58H,6-7,9,11-13,15,17-19,21,23-25,28,31,34-36,38,40-57H2,1-5H3/b10-8-,16-14-,22-20-,27-26-,30-29-,33-32-,39-37-. The summed E-state index contributed by atoms with van der Waals surface area (Å²) in [5, 5.41) is 0. The Hall–Kier alpha value is -2.81. The third-order valence-corrected chi connectivity index (χ3v) is 12.9. The second-order valence-electron chi connectivity index (χ2n) is 19.9. The quantitative estimate of drug-likeness (QED) is 0.0195. The molecule has 0 aromatic heterocycles. The van der Waals surface area contributed by atoms with Gasteiger partial charge in [0, 0.05) is 12.8 Å². The maximum atomic E-state index is 12.8. The molecule has 0 aliphatic carbocycles. The predicted octanol–water partition coefficient (Wildman–Crippen LogP) is 16.8. The zero-order chi connectivity index (χ0) is 51.3. The molecule has 404 valence electrons. The molecule has 2 unspecified atom stereocenters. The molecule has 0 rings (SSSR count). The molecule has 0 fully saturated rings. The Bertz CT molecular complexity index is 1460. The molecule has 0 bridgehead atoms. The first-order valence-corrected chi connectivity index (χ1v) is 29.8. The number of allylic oxidation sites excluding steroid dienone is 14. The van der Waals surface area contributed by atoms with Gasteiger partial charge in [0.1, 0.15) is 19.8 Å². The summed E-state index contributed by atoms with van der Waals surface area (Å²) < 4.78 is 34.1. The fourth-order valence-corrected chi connectivity index (χ4v) is 8.31. The average molecular weight is 1000 g/mol. The Morgan fingerprint density at radius 1 is 0.457 bits per heavy atom. The molecule has 0 amide bonds. The number of ether oxygens (including phenoxy) is 2. The van der Waals surface area contributed by atoms with Crippen molar-refractivity contribution in [2.24, 2.45) is 0 Å². The lowest BCUT2D eigenvalue weighted by molar-refractivity contribution is -0.870. The van der Waals surface area contributed by atoms with Crippen molar-refractivity contribution in [1.82, 2.24) is 0 Å². The number of phosphoric acid groups is 1. The third-order valence-electron chi connectivity index (χ3n) is 11.9. The number of carbonyl (C=O) groups excluding carboxylic acids is 2. The molecular weight excluding hydrogens is 894 g/mol. The molecule has 0 aliphatic rings. The molecule has 0 aromatic rings. The van der Waals surface area contributed by atoms with Crippen LogP contribution in [0.2, 0.25) is 0 Å². The first-order valence-electron chi connectivity index (χ1n) is 28.3. The summed E-state index contributed by atoms with van der Waals surface area (Å²) in [6.07, 6.45) is 67.6. The van der Waals surface area contributed by atoms with Crippen LogP contribution in [-0.4, -0.2) is 70.0 Å². The lowest BCUT2D eigenvalue weighted by Crippen LogP contribution is -2.37. The number of unbranched alkanes of at least 4 members (excludes halogenated alkanes) is 23. The lowest BCUT2D eigenvalue weighted by atomic mass is 10.0. The van der Waals surface area contributed by atoms with Crippen LogP contribution < -0.4 is 4.89 Å². The van der Waals surface area contributed by atoms with Crippen LogP contribution >= 0.6 is 7.82 Å². The Morgan fingerprint density at radius 3 is 1.21 bits per heavy atom. The van der Waals surface area contributed by atoms with Crippen LogP contribution in [0, 0.1) is 0 Å². The minimum atomic E-state index is -4.64. The first kappa shape index (κ1) is 67.2. The SMILES string of the molecule is CC/C=C\C/C=C\C/C=C\C/C=C\C/C=C\C/C=C\C/C=C\CCCCCCCC(=O)OC(COC(=O)CCCCCCCCCCCCCCCCCCCCC)COP(=O)([O-])OCC[N+](C)(C)C. The van der Waals surface area contributed by atoms with E-state index in [1.807, 2.05) is 21.1 Å². The van der Waals surface area contributed by atoms with Crippen molar-refractivity contribution in [3.05, 3.63) is 85.1 Å². The van der Waals surface area contributed by atoms with Crippen LogP contribution in [0.25, 0.3) is 0 Å². The van der Waals surface area contributed by atoms with Gasteiger partial charge in [-0.05, 0) is 70.6 Å². The molecule has 0 saturated carbocycles. The van der Waals surface area contributed by atoms with Crippen LogP contribution in [0.15, 0.2) is 85.1 Å². The number of hydrogen-bond donors (Lipinski definition) is 0. The van der Waals surface area contributed by atoms with Gasteiger partial charge in [-0.15, -0.1) is 0 Å². The molecule has 0 aliphatic heterocycles. The van der Waals surface area contributed by atoms with E-state index in [9.17, 15) is 19.0 Å². The predicted molar refractivity (Wildman–Crippen MR) is 296 cm³/mol. The van der Waals surface area contributed by atoms with Gasteiger partial charge in [-0.25, -0.2) is 0 Å². The number of phosphoric ester groups is 1. The Balaban J connectivity index is 4.26. The molecule has 0 aromatic carbocycles. The maximum absolute atomic E-state index is 12.8. The monoisotopic (exact) mass is 1000 g/mol. The zero-order valence-electron chi connectivity index (χ0n) is 45.7. The van der Waals surface area contributed by atoms with Gasteiger partial charge in [0.25, 0.3) is 7.82 Å². The molecular formula is C60H106NO8P. The number of quaternary nitrogens is 1. The van der Waals surface area contributed by atoms with E-state index in [0.717, 1.165) is 96.3 Å². The summed E-state index contributed by atoms with van der Waals surface area (Å²) in [5.74, 6) is -0.853. The van der Waals surface area contributed by atoms with Crippen molar-refractivity contribution < 1.29 is 42.1 Å². The number of likely N-dealkylation sites (N-methyl/N-ethyl adjacent to an activating group) is 1. The summed E-state index contributed by atoms with van der Waals surface area (Å²) >= 11 is 0. The van der Waals surface area contributed by atoms with E-state index in [4.69, 9.17) is 18.5 Å². The van der Waals surface area contributed by atoms with E-state index in [0.29, 0.717) is 17.4 Å². The molecule has 10 heteroatoms. The van der Waals surface area contributed by atoms with Crippen LogP contribution in [0.3, 0.4) is 0 Å². The van der Waals surface area contributed by atoms with E-state index < -0.39 is 26.5 Å². The summed E-state index contributed by atoms with van der Waals surface area (Å²) in [5.41, 5.74) is 0. The first-order chi connectivity index (χ1) is 34.0. The highest BCUT2D eigenvalue weighted by Crippen LogP contribution is 2.38. The van der Waals surface area contributed by atoms with Gasteiger partial charge in [-0.1, -0.05) is 234 Å². The second kappa shape index (κ2) is 51.1. The van der Waals surface area contributed by atoms with Gasteiger partial charge in [0.15, 0.2) is 6.10 Å². The van der Waals surface area contributed by atoms with Gasteiger partial charge in [-0.2, -0.15) is 0 Å². The van der Waals surface area contributed by atoms with Crippen molar-refractivity contribution in [2.45, 2.75) is 238 Å². The van der Waals surface area contributed by atoms with Gasteiger partial charge in [0.2, 0.25) is 0 Å². The summed E-state index contributed by atoms with van der Waals surface area (Å²) in [4.78, 5) is 37.8. The largest absolute Gasteiger partial charge is 0.756 e. The maximum Gasteiger partial charge on any atom is 0.306 e. The molecule has 0 spiro atoms. The van der Waals surface area contributed by atoms with Gasteiger partial charge >= 0.3 is 11.9 Å². The van der Waals surface area contributed by atoms with Gasteiger partial charge in [0.05, 0.1) is 27.7 Å². The van der Waals surface area contributed by atoms with Crippen molar-refractivity contribution in [2.75, 3.05) is 47.5 Å². The van der Waals surface area contributed by atoms with Crippen LogP contribution in [0.4, 0.5) is 0 Å². The summed E-state index contributed by atoms with van der Waals surface area (Å²) in [6, 6.07) is 0. The highest BCUT2D eigenvalue weighted by molar-refractivity contribution is 7.45. The highest BCUT2D eigenvalue weighted by atomic mass is 31.2. The highest BCUT2D eigenvalue weighted by Gasteiger charge is 2.21. The molecule has 0 saturated heterocycles. The van der Waals surface area contributed by atoms with E-state index in [1.165, 1.54) is 103 Å². The smallest absolute Gasteiger partial charge is 0.306 e. The Labute approximate surface area is 431 Å². The van der Waals surface area contributed by atoms with Crippen molar-refractivity contribution in [3.8, 4) is 0 Å². The molecule has 0 N–H and O–H groups in total. The fourth-order valence-electron chi connectivity index (χ4n) is 7.58. The van der Waals surface area contributed by atoms with E-state index in [-0.39, 0.29) is 32.0 Å². The van der Waals surface area contributed by atoms with E-state index >= 15 is 0 Å². The van der Waals surface area contributed by atoms with Gasteiger partial charge in [-0.3, -0.25) is 14.2 Å². The molecule has 70 heavy (non-hydrogen) atoms. The number of rotatable bonds is 51. The Morgan fingerprint density at radius 2 is 0.814 bits per heavy atom. The van der Waals surface area contributed by atoms with Crippen LogP contribution in [0.5, 0.6) is 0 Å². The normalized spacial score (nSPS) is 14.0. The number of nitrogens with zero attached hydrogens (tertiary/aromatic N) is 1. The number of esters is 2. The third kappa shape index (κ3) is 54.5. The van der Waals surface area contributed by atoms with Crippen molar-refractivity contribution >= 4 is 19.8 Å². The van der Waals surface area contributed by atoms with Crippen LogP contribution in [-0.2, 0) is 32.7 Å². The molecule has 0 heterocycles. The van der Waals surface area contributed by atoms with E-state index in [2.05, 4.69) is 98.9 Å². The van der Waals surface area contributed by atoms with Crippen molar-refractivity contribution in [3.63, 3.8) is 0 Å². The molecule has 9 nitrogen and oxygen atoms in total. The second-order valence-corrected chi connectivity index (χ2v) is 21.3. The zero-order valence-corrected chi connectivity index (χ0v) is 46.6. The van der Waals surface area contributed by atoms with Crippen LogP contribution in [0.1, 0.15) is 232 Å². The van der Waals surface area contributed by atoms with Crippen molar-refractivity contribution in [1.29, 1.82) is 0 Å². The lowest BCUT2D eigenvalue weighted by Gasteiger charge is -2.28. The fraction of sp³-hybridized carbons (Fsp3) is 0.733. The minimum absolute atomic E-state index is 0.0379. The number of hydrogen-bond acceptors (Lipinski definition) is 8. The average Bonchev–Trinajstić information content (AvgIpc) is 3.32.